The number of rotatable bonds is 1. The molecule has 120 valence electrons. The van der Waals surface area contributed by atoms with E-state index in [0.29, 0.717) is 0 Å². The third-order valence-electron chi connectivity index (χ3n) is 4.86. The Morgan fingerprint density at radius 3 is 2.61 bits per heavy atom. The van der Waals surface area contributed by atoms with E-state index in [4.69, 9.17) is 9.47 Å². The quantitative estimate of drug-likeness (QED) is 0.839. The Balaban J connectivity index is 1.67. The van der Waals surface area contributed by atoms with E-state index in [1.165, 1.54) is 11.1 Å². The van der Waals surface area contributed by atoms with Crippen LogP contribution in [0.4, 0.5) is 0 Å². The summed E-state index contributed by atoms with van der Waals surface area (Å²) in [7, 11) is 0. The molecule has 2 aromatic carbocycles. The lowest BCUT2D eigenvalue weighted by molar-refractivity contribution is 0.0809. The molecular weight excluding hydrogens is 288 g/mol. The molecule has 2 aliphatic heterocycles. The lowest BCUT2D eigenvalue weighted by Crippen LogP contribution is -2.33. The summed E-state index contributed by atoms with van der Waals surface area (Å²) in [6, 6.07) is 11.6. The second-order valence-corrected chi connectivity index (χ2v) is 7.13. The third kappa shape index (κ3) is 2.65. The molecule has 2 heterocycles. The standard InChI is InChI=1S/C20H22O3/c1-20(2)12-11-16-18(23-20)10-6-14-5-9-17(22-19(14)16)13-3-7-15(21)8-4-13/h3-4,6-8,10,17,21H,5,9,11-12H2,1-2H3. The molecule has 2 aromatic rings. The summed E-state index contributed by atoms with van der Waals surface area (Å²) < 4.78 is 12.5. The van der Waals surface area contributed by atoms with Gasteiger partial charge in [0.1, 0.15) is 29.0 Å². The summed E-state index contributed by atoms with van der Waals surface area (Å²) in [4.78, 5) is 0. The average molecular weight is 310 g/mol. The van der Waals surface area contributed by atoms with Gasteiger partial charge in [-0.1, -0.05) is 18.2 Å². The molecule has 0 bridgehead atoms. The second kappa shape index (κ2) is 5.19. The summed E-state index contributed by atoms with van der Waals surface area (Å²) >= 11 is 0. The van der Waals surface area contributed by atoms with Crippen LogP contribution in [0.25, 0.3) is 0 Å². The van der Waals surface area contributed by atoms with Crippen molar-refractivity contribution in [3.8, 4) is 17.2 Å². The minimum absolute atomic E-state index is 0.0459. The molecule has 0 saturated carbocycles. The first-order chi connectivity index (χ1) is 11.0. The topological polar surface area (TPSA) is 38.7 Å². The molecule has 0 fully saturated rings. The van der Waals surface area contributed by atoms with E-state index in [1.807, 2.05) is 12.1 Å². The highest BCUT2D eigenvalue weighted by Crippen LogP contribution is 2.45. The van der Waals surface area contributed by atoms with Crippen molar-refractivity contribution in [2.24, 2.45) is 0 Å². The Morgan fingerprint density at radius 2 is 1.83 bits per heavy atom. The molecule has 0 saturated heterocycles. The van der Waals surface area contributed by atoms with Gasteiger partial charge < -0.3 is 14.6 Å². The number of phenols is 1. The average Bonchev–Trinajstić information content (AvgIpc) is 2.54. The first-order valence-electron chi connectivity index (χ1n) is 8.31. The number of hydrogen-bond donors (Lipinski definition) is 1. The molecule has 3 heteroatoms. The molecule has 3 nitrogen and oxygen atoms in total. The van der Waals surface area contributed by atoms with Gasteiger partial charge in [0.25, 0.3) is 0 Å². The molecule has 0 radical (unpaired) electrons. The maximum absolute atomic E-state index is 9.46. The SMILES string of the molecule is CC1(C)CCc2c(ccc3c2OC(c2ccc(O)cc2)CC3)O1. The van der Waals surface area contributed by atoms with Crippen molar-refractivity contribution in [3.63, 3.8) is 0 Å². The van der Waals surface area contributed by atoms with Gasteiger partial charge >= 0.3 is 0 Å². The summed E-state index contributed by atoms with van der Waals surface area (Å²) in [6.45, 7) is 4.27. The highest BCUT2D eigenvalue weighted by atomic mass is 16.5. The Hall–Kier alpha value is -2.16. The van der Waals surface area contributed by atoms with Gasteiger partial charge in [-0.25, -0.2) is 0 Å². The summed E-state index contributed by atoms with van der Waals surface area (Å²) in [5.74, 6) is 2.27. The van der Waals surface area contributed by atoms with Crippen LogP contribution >= 0.6 is 0 Å². The number of hydrogen-bond acceptors (Lipinski definition) is 3. The molecule has 0 aliphatic carbocycles. The van der Waals surface area contributed by atoms with Crippen molar-refractivity contribution in [3.05, 3.63) is 53.1 Å². The third-order valence-corrected chi connectivity index (χ3v) is 4.86. The normalized spacial score (nSPS) is 21.6. The molecule has 1 atom stereocenters. The largest absolute Gasteiger partial charge is 0.508 e. The Kier molecular flexibility index (Phi) is 3.26. The molecule has 4 rings (SSSR count). The van der Waals surface area contributed by atoms with E-state index in [0.717, 1.165) is 42.7 Å². The first kappa shape index (κ1) is 14.4. The van der Waals surface area contributed by atoms with Gasteiger partial charge in [-0.15, -0.1) is 0 Å². The van der Waals surface area contributed by atoms with Crippen molar-refractivity contribution in [2.45, 2.75) is 51.2 Å². The van der Waals surface area contributed by atoms with E-state index in [1.54, 1.807) is 12.1 Å². The fourth-order valence-electron chi connectivity index (χ4n) is 3.52. The zero-order chi connectivity index (χ0) is 16.0. The van der Waals surface area contributed by atoms with Crippen LogP contribution in [0.5, 0.6) is 17.2 Å². The van der Waals surface area contributed by atoms with E-state index in [-0.39, 0.29) is 17.5 Å². The van der Waals surface area contributed by atoms with E-state index >= 15 is 0 Å². The van der Waals surface area contributed by atoms with Crippen LogP contribution in [-0.4, -0.2) is 10.7 Å². The number of benzene rings is 2. The van der Waals surface area contributed by atoms with Crippen LogP contribution in [0.15, 0.2) is 36.4 Å². The molecule has 1 N–H and O–H groups in total. The zero-order valence-electron chi connectivity index (χ0n) is 13.6. The maximum Gasteiger partial charge on any atom is 0.130 e. The van der Waals surface area contributed by atoms with Crippen LogP contribution in [0, 0.1) is 0 Å². The fraction of sp³-hybridized carbons (Fsp3) is 0.400. The van der Waals surface area contributed by atoms with Gasteiger partial charge in [-0.3, -0.25) is 0 Å². The van der Waals surface area contributed by atoms with E-state index < -0.39 is 0 Å². The fourth-order valence-corrected chi connectivity index (χ4v) is 3.52. The monoisotopic (exact) mass is 310 g/mol. The van der Waals surface area contributed by atoms with Crippen molar-refractivity contribution < 1.29 is 14.6 Å². The Morgan fingerprint density at radius 1 is 1.04 bits per heavy atom. The highest BCUT2D eigenvalue weighted by Gasteiger charge is 2.32. The van der Waals surface area contributed by atoms with Crippen LogP contribution in [0.1, 0.15) is 49.5 Å². The minimum Gasteiger partial charge on any atom is -0.508 e. The predicted molar refractivity (Wildman–Crippen MR) is 89.3 cm³/mol. The van der Waals surface area contributed by atoms with Gasteiger partial charge in [0.05, 0.1) is 0 Å². The number of aromatic hydroxyl groups is 1. The Labute approximate surface area is 136 Å². The predicted octanol–water partition coefficient (Wildman–Crippen LogP) is 4.56. The van der Waals surface area contributed by atoms with Crippen molar-refractivity contribution >= 4 is 0 Å². The molecular formula is C20H22O3. The summed E-state index contributed by atoms with van der Waals surface area (Å²) in [5, 5.41) is 9.46. The Bertz CT molecular complexity index is 731. The van der Waals surface area contributed by atoms with Crippen molar-refractivity contribution in [2.75, 3.05) is 0 Å². The van der Waals surface area contributed by atoms with Crippen LogP contribution < -0.4 is 9.47 Å². The van der Waals surface area contributed by atoms with Crippen LogP contribution in [0.3, 0.4) is 0 Å². The van der Waals surface area contributed by atoms with Gasteiger partial charge in [-0.05, 0) is 68.9 Å². The lowest BCUT2D eigenvalue weighted by Gasteiger charge is -2.36. The highest BCUT2D eigenvalue weighted by molar-refractivity contribution is 5.52. The van der Waals surface area contributed by atoms with Crippen molar-refractivity contribution in [1.29, 1.82) is 0 Å². The van der Waals surface area contributed by atoms with E-state index in [9.17, 15) is 5.11 Å². The first-order valence-corrected chi connectivity index (χ1v) is 8.31. The minimum atomic E-state index is -0.105. The van der Waals surface area contributed by atoms with E-state index in [2.05, 4.69) is 26.0 Å². The number of phenolic OH excluding ortho intramolecular Hbond substituents is 1. The number of fused-ring (bicyclic) bond motifs is 3. The second-order valence-electron chi connectivity index (χ2n) is 7.13. The molecule has 1 unspecified atom stereocenters. The van der Waals surface area contributed by atoms with Crippen LogP contribution in [-0.2, 0) is 12.8 Å². The van der Waals surface area contributed by atoms with Gasteiger partial charge in [0.2, 0.25) is 0 Å². The lowest BCUT2D eigenvalue weighted by atomic mass is 9.89. The molecule has 23 heavy (non-hydrogen) atoms. The van der Waals surface area contributed by atoms with Crippen LogP contribution in [0.2, 0.25) is 0 Å². The maximum atomic E-state index is 9.46. The summed E-state index contributed by atoms with van der Waals surface area (Å²) in [5.41, 5.74) is 3.50. The molecule has 2 aliphatic rings. The van der Waals surface area contributed by atoms with Crippen molar-refractivity contribution in [1.82, 2.24) is 0 Å². The number of aryl methyl sites for hydroxylation is 1. The van der Waals surface area contributed by atoms with Gasteiger partial charge in [0, 0.05) is 5.56 Å². The number of ether oxygens (including phenoxy) is 2. The smallest absolute Gasteiger partial charge is 0.130 e. The zero-order valence-corrected chi connectivity index (χ0v) is 13.6. The molecule has 0 spiro atoms. The van der Waals surface area contributed by atoms with Gasteiger partial charge in [0.15, 0.2) is 0 Å². The molecule has 0 amide bonds. The summed E-state index contributed by atoms with van der Waals surface area (Å²) in [6.07, 6.45) is 4.02. The molecule has 0 aromatic heterocycles. The van der Waals surface area contributed by atoms with Gasteiger partial charge in [-0.2, -0.15) is 0 Å².